The highest BCUT2D eigenvalue weighted by molar-refractivity contribution is 5.96. The molecule has 0 aliphatic rings. The number of carbonyl (C=O) groups is 2. The van der Waals surface area contributed by atoms with Crippen LogP contribution in [0.3, 0.4) is 0 Å². The summed E-state index contributed by atoms with van der Waals surface area (Å²) in [6.07, 6.45) is 2.70. The molecule has 7 heteroatoms. The summed E-state index contributed by atoms with van der Waals surface area (Å²) < 4.78 is 1.35. The van der Waals surface area contributed by atoms with Gasteiger partial charge in [-0.1, -0.05) is 24.3 Å². The van der Waals surface area contributed by atoms with Gasteiger partial charge in [-0.3, -0.25) is 0 Å². The largest absolute Gasteiger partial charge is 0.478 e. The zero-order chi connectivity index (χ0) is 16.4. The summed E-state index contributed by atoms with van der Waals surface area (Å²) in [5.74, 6) is -2.16. The molecular formula is C16H11N3O4. The number of benzene rings is 2. The number of rotatable bonds is 4. The first-order chi connectivity index (χ1) is 11.1. The van der Waals surface area contributed by atoms with Gasteiger partial charge in [0.1, 0.15) is 12.7 Å². The highest BCUT2D eigenvalue weighted by Gasteiger charge is 2.18. The van der Waals surface area contributed by atoms with Crippen LogP contribution in [0.4, 0.5) is 0 Å². The minimum absolute atomic E-state index is 0.0497. The fraction of sp³-hybridized carbons (Fsp3) is 0. The normalized spacial score (nSPS) is 10.4. The van der Waals surface area contributed by atoms with E-state index in [0.29, 0.717) is 16.8 Å². The molecule has 2 N–H and O–H groups in total. The highest BCUT2D eigenvalue weighted by atomic mass is 16.4. The molecule has 3 aromatic rings. The van der Waals surface area contributed by atoms with Crippen molar-refractivity contribution < 1.29 is 19.8 Å². The van der Waals surface area contributed by atoms with E-state index in [1.165, 1.54) is 35.5 Å². The van der Waals surface area contributed by atoms with Gasteiger partial charge in [-0.15, -0.1) is 0 Å². The molecule has 7 nitrogen and oxygen atoms in total. The van der Waals surface area contributed by atoms with E-state index in [9.17, 15) is 14.7 Å². The van der Waals surface area contributed by atoms with Crippen LogP contribution in [0, 0.1) is 0 Å². The molecular weight excluding hydrogens is 298 g/mol. The van der Waals surface area contributed by atoms with Crippen molar-refractivity contribution in [3.63, 3.8) is 0 Å². The van der Waals surface area contributed by atoms with E-state index in [4.69, 9.17) is 5.11 Å². The molecule has 0 radical (unpaired) electrons. The standard InChI is InChI=1S/C16H11N3O4/c20-15(21)11-4-1-3-10(7-11)12-5-2-6-13(16(22)23)14(12)19-9-17-8-18-19/h1-9H,(H,20,21)(H,22,23). The van der Waals surface area contributed by atoms with Crippen molar-refractivity contribution >= 4 is 11.9 Å². The lowest BCUT2D eigenvalue weighted by Gasteiger charge is -2.13. The van der Waals surface area contributed by atoms with Crippen molar-refractivity contribution in [2.45, 2.75) is 0 Å². The summed E-state index contributed by atoms with van der Waals surface area (Å²) in [4.78, 5) is 26.5. The van der Waals surface area contributed by atoms with E-state index in [-0.39, 0.29) is 11.1 Å². The minimum atomic E-state index is -1.10. The SMILES string of the molecule is O=C(O)c1cccc(-c2cccc(C(=O)O)c2-n2cncn2)c1. The Labute approximate surface area is 130 Å². The molecule has 0 saturated heterocycles. The van der Waals surface area contributed by atoms with Crippen molar-refractivity contribution in [1.29, 1.82) is 0 Å². The van der Waals surface area contributed by atoms with Crippen molar-refractivity contribution in [2.75, 3.05) is 0 Å². The van der Waals surface area contributed by atoms with E-state index >= 15 is 0 Å². The van der Waals surface area contributed by atoms with Crippen LogP contribution >= 0.6 is 0 Å². The average molecular weight is 309 g/mol. The molecule has 114 valence electrons. The molecule has 1 heterocycles. The lowest BCUT2D eigenvalue weighted by atomic mass is 9.98. The van der Waals surface area contributed by atoms with Gasteiger partial charge in [0, 0.05) is 5.56 Å². The van der Waals surface area contributed by atoms with Crippen LogP contribution in [-0.2, 0) is 0 Å². The van der Waals surface area contributed by atoms with Gasteiger partial charge in [0.25, 0.3) is 0 Å². The predicted molar refractivity (Wildman–Crippen MR) is 80.7 cm³/mol. The summed E-state index contributed by atoms with van der Waals surface area (Å²) in [6.45, 7) is 0. The number of hydrogen-bond donors (Lipinski definition) is 2. The first-order valence-corrected chi connectivity index (χ1v) is 6.63. The molecule has 0 spiro atoms. The third-order valence-corrected chi connectivity index (χ3v) is 3.33. The average Bonchev–Trinajstić information content (AvgIpc) is 3.08. The zero-order valence-electron chi connectivity index (χ0n) is 11.7. The first kappa shape index (κ1) is 14.5. The summed E-state index contributed by atoms with van der Waals surface area (Å²) >= 11 is 0. The maximum atomic E-state index is 11.5. The second-order valence-corrected chi connectivity index (χ2v) is 4.73. The first-order valence-electron chi connectivity index (χ1n) is 6.63. The monoisotopic (exact) mass is 309 g/mol. The fourth-order valence-corrected chi connectivity index (χ4v) is 2.34. The van der Waals surface area contributed by atoms with Crippen molar-refractivity contribution in [3.05, 3.63) is 66.2 Å². The van der Waals surface area contributed by atoms with E-state index < -0.39 is 11.9 Å². The van der Waals surface area contributed by atoms with Crippen LogP contribution in [0.5, 0.6) is 0 Å². The van der Waals surface area contributed by atoms with Gasteiger partial charge in [0.2, 0.25) is 0 Å². The predicted octanol–water partition coefficient (Wildman–Crippen LogP) is 2.33. The summed E-state index contributed by atoms with van der Waals surface area (Å²) in [5.41, 5.74) is 1.64. The maximum absolute atomic E-state index is 11.5. The zero-order valence-corrected chi connectivity index (χ0v) is 11.7. The van der Waals surface area contributed by atoms with Crippen LogP contribution in [-0.4, -0.2) is 36.9 Å². The van der Waals surface area contributed by atoms with Crippen LogP contribution in [0.1, 0.15) is 20.7 Å². The Hall–Kier alpha value is -3.48. The molecule has 0 saturated carbocycles. The van der Waals surface area contributed by atoms with Gasteiger partial charge < -0.3 is 10.2 Å². The summed E-state index contributed by atoms with van der Waals surface area (Å²) in [7, 11) is 0. The molecule has 0 bridgehead atoms. The van der Waals surface area contributed by atoms with Gasteiger partial charge in [-0.05, 0) is 23.8 Å². The van der Waals surface area contributed by atoms with Gasteiger partial charge in [-0.2, -0.15) is 5.10 Å². The second kappa shape index (κ2) is 5.72. The molecule has 23 heavy (non-hydrogen) atoms. The van der Waals surface area contributed by atoms with E-state index in [1.807, 2.05) is 0 Å². The molecule has 1 aromatic heterocycles. The number of nitrogens with zero attached hydrogens (tertiary/aromatic N) is 3. The van der Waals surface area contributed by atoms with Crippen LogP contribution in [0.25, 0.3) is 16.8 Å². The number of carboxylic acids is 2. The summed E-state index contributed by atoms with van der Waals surface area (Å²) in [5, 5.41) is 22.6. The number of carboxylic acid groups (broad SMARTS) is 2. The Bertz CT molecular complexity index is 888. The number of hydrogen-bond acceptors (Lipinski definition) is 4. The van der Waals surface area contributed by atoms with Gasteiger partial charge in [0.15, 0.2) is 0 Å². The second-order valence-electron chi connectivity index (χ2n) is 4.73. The third kappa shape index (κ3) is 2.67. The Morgan fingerprint density at radius 2 is 1.78 bits per heavy atom. The van der Waals surface area contributed by atoms with E-state index in [1.54, 1.807) is 24.3 Å². The van der Waals surface area contributed by atoms with Crippen molar-refractivity contribution in [1.82, 2.24) is 14.8 Å². The Morgan fingerprint density at radius 1 is 1.00 bits per heavy atom. The Balaban J connectivity index is 2.28. The molecule has 0 unspecified atom stereocenters. The topological polar surface area (TPSA) is 105 Å². The minimum Gasteiger partial charge on any atom is -0.478 e. The number of aromatic carboxylic acids is 2. The lowest BCUT2D eigenvalue weighted by molar-refractivity contribution is 0.0686. The summed E-state index contributed by atoms with van der Waals surface area (Å²) in [6, 6.07) is 11.1. The van der Waals surface area contributed by atoms with Crippen molar-refractivity contribution in [3.8, 4) is 16.8 Å². The fourth-order valence-electron chi connectivity index (χ4n) is 2.34. The van der Waals surface area contributed by atoms with Gasteiger partial charge in [-0.25, -0.2) is 19.3 Å². The Kier molecular flexibility index (Phi) is 3.60. The van der Waals surface area contributed by atoms with Crippen LogP contribution in [0.2, 0.25) is 0 Å². The highest BCUT2D eigenvalue weighted by Crippen LogP contribution is 2.30. The van der Waals surface area contributed by atoms with Crippen LogP contribution < -0.4 is 0 Å². The molecule has 2 aromatic carbocycles. The molecule has 0 atom stereocenters. The third-order valence-electron chi connectivity index (χ3n) is 3.33. The lowest BCUT2D eigenvalue weighted by Crippen LogP contribution is -2.08. The quantitative estimate of drug-likeness (QED) is 0.766. The molecule has 3 rings (SSSR count). The van der Waals surface area contributed by atoms with E-state index in [0.717, 1.165) is 0 Å². The molecule has 0 aliphatic heterocycles. The molecule has 0 aliphatic carbocycles. The van der Waals surface area contributed by atoms with Crippen LogP contribution in [0.15, 0.2) is 55.1 Å². The number of para-hydroxylation sites is 1. The Morgan fingerprint density at radius 3 is 2.43 bits per heavy atom. The molecule has 0 fully saturated rings. The number of aromatic nitrogens is 3. The van der Waals surface area contributed by atoms with E-state index in [2.05, 4.69) is 10.1 Å². The van der Waals surface area contributed by atoms with Gasteiger partial charge in [0.05, 0.1) is 16.8 Å². The molecule has 0 amide bonds. The van der Waals surface area contributed by atoms with Gasteiger partial charge >= 0.3 is 11.9 Å². The maximum Gasteiger partial charge on any atom is 0.337 e. The van der Waals surface area contributed by atoms with Crippen molar-refractivity contribution in [2.24, 2.45) is 0 Å². The smallest absolute Gasteiger partial charge is 0.337 e.